The van der Waals surface area contributed by atoms with E-state index in [1.54, 1.807) is 10.9 Å². The number of benzene rings is 1. The molecular formula is C20H25ClN4O. The number of likely N-dealkylation sites (tertiary alicyclic amines) is 1. The summed E-state index contributed by atoms with van der Waals surface area (Å²) in [5.74, 6) is 0.967. The Labute approximate surface area is 159 Å². The van der Waals surface area contributed by atoms with Gasteiger partial charge in [-0.05, 0) is 57.2 Å². The second-order valence-corrected chi connectivity index (χ2v) is 7.83. The normalized spacial score (nSPS) is 18.3. The van der Waals surface area contributed by atoms with E-state index in [1.807, 2.05) is 36.1 Å². The number of hydrogen-bond donors (Lipinski definition) is 1. The van der Waals surface area contributed by atoms with Crippen molar-refractivity contribution < 1.29 is 4.79 Å². The molecule has 0 spiro atoms. The van der Waals surface area contributed by atoms with Crippen LogP contribution in [0.1, 0.15) is 41.7 Å². The van der Waals surface area contributed by atoms with E-state index >= 15 is 0 Å². The summed E-state index contributed by atoms with van der Waals surface area (Å²) in [6, 6.07) is 8.10. The third kappa shape index (κ3) is 3.64. The van der Waals surface area contributed by atoms with Crippen LogP contribution in [0.4, 0.5) is 0 Å². The van der Waals surface area contributed by atoms with Gasteiger partial charge in [-0.3, -0.25) is 4.79 Å². The lowest BCUT2D eigenvalue weighted by Crippen LogP contribution is -2.45. The number of rotatable bonds is 5. The third-order valence-electron chi connectivity index (χ3n) is 5.50. The van der Waals surface area contributed by atoms with Gasteiger partial charge in [0.15, 0.2) is 0 Å². The average molecular weight is 373 g/mol. The quantitative estimate of drug-likeness (QED) is 0.874. The number of hydrogen-bond acceptors (Lipinski definition) is 3. The van der Waals surface area contributed by atoms with Gasteiger partial charge in [-0.1, -0.05) is 23.7 Å². The van der Waals surface area contributed by atoms with Crippen LogP contribution in [0.2, 0.25) is 5.02 Å². The molecule has 0 bridgehead atoms. The number of nitrogens with one attached hydrogen (secondary N) is 1. The smallest absolute Gasteiger partial charge is 0.257 e. The van der Waals surface area contributed by atoms with E-state index in [1.165, 1.54) is 12.8 Å². The van der Waals surface area contributed by atoms with Crippen molar-refractivity contribution in [3.63, 3.8) is 0 Å². The van der Waals surface area contributed by atoms with Crippen molar-refractivity contribution >= 4 is 17.5 Å². The molecule has 4 rings (SSSR count). The van der Waals surface area contributed by atoms with Crippen LogP contribution in [0.3, 0.4) is 0 Å². The van der Waals surface area contributed by atoms with Gasteiger partial charge in [0.1, 0.15) is 0 Å². The zero-order valence-electron chi connectivity index (χ0n) is 15.1. The summed E-state index contributed by atoms with van der Waals surface area (Å²) in [7, 11) is 0. The number of carbonyl (C=O) groups excluding carboxylic acids is 1. The lowest BCUT2D eigenvalue weighted by atomic mass is 10.0. The van der Waals surface area contributed by atoms with Crippen LogP contribution in [-0.2, 0) is 0 Å². The van der Waals surface area contributed by atoms with Crippen molar-refractivity contribution in [3.05, 3.63) is 46.7 Å². The molecule has 2 heterocycles. The van der Waals surface area contributed by atoms with Crippen LogP contribution in [0, 0.1) is 12.8 Å². The Morgan fingerprint density at radius 3 is 2.65 bits per heavy atom. The van der Waals surface area contributed by atoms with E-state index in [0.29, 0.717) is 16.6 Å². The molecule has 1 aliphatic heterocycles. The monoisotopic (exact) mass is 372 g/mol. The van der Waals surface area contributed by atoms with Crippen LogP contribution < -0.4 is 5.32 Å². The topological polar surface area (TPSA) is 50.2 Å². The highest BCUT2D eigenvalue weighted by molar-refractivity contribution is 6.32. The highest BCUT2D eigenvalue weighted by atomic mass is 35.5. The van der Waals surface area contributed by atoms with E-state index in [-0.39, 0.29) is 5.91 Å². The predicted octanol–water partition coefficient (Wildman–Crippen LogP) is 3.44. The number of carbonyl (C=O) groups is 1. The second-order valence-electron chi connectivity index (χ2n) is 7.42. The largest absolute Gasteiger partial charge is 0.338 e. The first-order valence-electron chi connectivity index (χ1n) is 9.45. The molecule has 1 aromatic heterocycles. The molecule has 1 N–H and O–H groups in total. The molecule has 1 aromatic carbocycles. The van der Waals surface area contributed by atoms with E-state index in [0.717, 1.165) is 49.8 Å². The van der Waals surface area contributed by atoms with Crippen molar-refractivity contribution in [3.8, 4) is 5.69 Å². The van der Waals surface area contributed by atoms with Gasteiger partial charge in [-0.25, -0.2) is 4.68 Å². The van der Waals surface area contributed by atoms with E-state index < -0.39 is 0 Å². The third-order valence-corrected chi connectivity index (χ3v) is 5.81. The molecule has 0 radical (unpaired) electrons. The standard InChI is InChI=1S/C20H25ClN4O/c1-14-17(13-23-25(14)19-5-3-2-4-18(19)21)20(26)24-10-8-16(9-11-24)22-12-15-6-7-15/h2-5,13,15-16,22H,6-12H2,1H3. The number of aromatic nitrogens is 2. The molecule has 0 unspecified atom stereocenters. The number of amides is 1. The van der Waals surface area contributed by atoms with Crippen LogP contribution in [0.25, 0.3) is 5.69 Å². The fourth-order valence-electron chi connectivity index (χ4n) is 3.60. The molecule has 138 valence electrons. The predicted molar refractivity (Wildman–Crippen MR) is 103 cm³/mol. The molecule has 2 aromatic rings. The minimum atomic E-state index is 0.0708. The highest BCUT2D eigenvalue weighted by Crippen LogP contribution is 2.28. The Hall–Kier alpha value is -1.85. The fraction of sp³-hybridized carbons (Fsp3) is 0.500. The summed E-state index contributed by atoms with van der Waals surface area (Å²) in [4.78, 5) is 14.9. The summed E-state index contributed by atoms with van der Waals surface area (Å²) in [6.07, 6.45) is 6.46. The van der Waals surface area contributed by atoms with Crippen LogP contribution in [0.5, 0.6) is 0 Å². The van der Waals surface area contributed by atoms with Crippen molar-refractivity contribution in [2.24, 2.45) is 5.92 Å². The lowest BCUT2D eigenvalue weighted by molar-refractivity contribution is 0.0704. The fourth-order valence-corrected chi connectivity index (χ4v) is 3.81. The molecule has 1 aliphatic carbocycles. The van der Waals surface area contributed by atoms with Crippen molar-refractivity contribution in [2.45, 2.75) is 38.6 Å². The first-order valence-corrected chi connectivity index (χ1v) is 9.83. The Kier molecular flexibility index (Phi) is 5.00. The van der Waals surface area contributed by atoms with Gasteiger partial charge < -0.3 is 10.2 Å². The van der Waals surface area contributed by atoms with Gasteiger partial charge in [0.05, 0.1) is 28.2 Å². The average Bonchev–Trinajstić information content (AvgIpc) is 3.42. The lowest BCUT2D eigenvalue weighted by Gasteiger charge is -2.32. The maximum Gasteiger partial charge on any atom is 0.257 e. The Morgan fingerprint density at radius 1 is 1.23 bits per heavy atom. The maximum atomic E-state index is 13.0. The van der Waals surface area contributed by atoms with Gasteiger partial charge >= 0.3 is 0 Å². The summed E-state index contributed by atoms with van der Waals surface area (Å²) in [5.41, 5.74) is 2.29. The van der Waals surface area contributed by atoms with Gasteiger partial charge in [0.2, 0.25) is 0 Å². The number of piperidine rings is 1. The molecule has 1 saturated carbocycles. The number of nitrogens with zero attached hydrogens (tertiary/aromatic N) is 3. The first kappa shape index (κ1) is 17.6. The van der Waals surface area contributed by atoms with Crippen molar-refractivity contribution in [1.29, 1.82) is 0 Å². The molecule has 5 nitrogen and oxygen atoms in total. The van der Waals surface area contributed by atoms with Gasteiger partial charge in [-0.2, -0.15) is 5.10 Å². The molecule has 2 fully saturated rings. The minimum absolute atomic E-state index is 0.0708. The van der Waals surface area contributed by atoms with Crippen molar-refractivity contribution in [1.82, 2.24) is 20.0 Å². The summed E-state index contributed by atoms with van der Waals surface area (Å²) >= 11 is 6.28. The SMILES string of the molecule is Cc1c(C(=O)N2CCC(NCC3CC3)CC2)cnn1-c1ccccc1Cl. The molecule has 2 aliphatic rings. The maximum absolute atomic E-state index is 13.0. The summed E-state index contributed by atoms with van der Waals surface area (Å²) in [5, 5.41) is 8.69. The summed E-state index contributed by atoms with van der Waals surface area (Å²) < 4.78 is 1.75. The van der Waals surface area contributed by atoms with Crippen LogP contribution >= 0.6 is 11.6 Å². The molecule has 6 heteroatoms. The van der Waals surface area contributed by atoms with Crippen molar-refractivity contribution in [2.75, 3.05) is 19.6 Å². The Balaban J connectivity index is 1.42. The van der Waals surface area contributed by atoms with Gasteiger partial charge in [-0.15, -0.1) is 0 Å². The Bertz CT molecular complexity index is 791. The molecule has 26 heavy (non-hydrogen) atoms. The minimum Gasteiger partial charge on any atom is -0.338 e. The first-order chi connectivity index (χ1) is 12.6. The number of para-hydroxylation sites is 1. The molecule has 1 amide bonds. The second kappa shape index (κ2) is 7.41. The van der Waals surface area contributed by atoms with Crippen LogP contribution in [0.15, 0.2) is 30.5 Å². The molecular weight excluding hydrogens is 348 g/mol. The van der Waals surface area contributed by atoms with Crippen LogP contribution in [-0.4, -0.2) is 46.3 Å². The van der Waals surface area contributed by atoms with E-state index in [4.69, 9.17) is 11.6 Å². The summed E-state index contributed by atoms with van der Waals surface area (Å²) in [6.45, 7) is 4.67. The zero-order valence-corrected chi connectivity index (χ0v) is 15.9. The van der Waals surface area contributed by atoms with Gasteiger partial charge in [0, 0.05) is 19.1 Å². The highest BCUT2D eigenvalue weighted by Gasteiger charge is 2.28. The molecule has 1 saturated heterocycles. The molecule has 0 atom stereocenters. The van der Waals surface area contributed by atoms with E-state index in [9.17, 15) is 4.79 Å². The zero-order chi connectivity index (χ0) is 18.1. The number of halogens is 1. The van der Waals surface area contributed by atoms with Gasteiger partial charge in [0.25, 0.3) is 5.91 Å². The Morgan fingerprint density at radius 2 is 1.96 bits per heavy atom. The van der Waals surface area contributed by atoms with E-state index in [2.05, 4.69) is 10.4 Å².